The lowest BCUT2D eigenvalue weighted by Gasteiger charge is -2.08. The van der Waals surface area contributed by atoms with Gasteiger partial charge in [-0.25, -0.2) is 0 Å². The number of ether oxygens (including phenoxy) is 1. The summed E-state index contributed by atoms with van der Waals surface area (Å²) in [5, 5.41) is 1.84. The molecule has 2 amide bonds. The summed E-state index contributed by atoms with van der Waals surface area (Å²) in [4.78, 5) is 23.1. The van der Waals surface area contributed by atoms with Crippen LogP contribution in [0.2, 0.25) is 0 Å². The highest BCUT2D eigenvalue weighted by Crippen LogP contribution is 2.26. The zero-order valence-corrected chi connectivity index (χ0v) is 16.5. The fourth-order valence-corrected chi connectivity index (χ4v) is 3.58. The number of imide groups is 1. The molecule has 3 rings (SSSR count). The van der Waals surface area contributed by atoms with E-state index in [9.17, 15) is 18.0 Å². The Morgan fingerprint density at radius 2 is 1.82 bits per heavy atom. The molecular formula is C19H17NO6S2. The summed E-state index contributed by atoms with van der Waals surface area (Å²) in [6.45, 7) is 0.398. The minimum atomic E-state index is -3.56. The van der Waals surface area contributed by atoms with Gasteiger partial charge in [-0.2, -0.15) is 8.42 Å². The number of carbonyl (C=O) groups excluding carboxylic acids is 2. The van der Waals surface area contributed by atoms with Crippen LogP contribution in [-0.2, 0) is 21.3 Å². The molecule has 1 fully saturated rings. The van der Waals surface area contributed by atoms with E-state index in [1.807, 2.05) is 6.07 Å². The average Bonchev–Trinajstić information content (AvgIpc) is 2.92. The van der Waals surface area contributed by atoms with Gasteiger partial charge in [0.1, 0.15) is 11.5 Å². The minimum Gasteiger partial charge on any atom is -0.493 e. The average molecular weight is 419 g/mol. The van der Waals surface area contributed by atoms with Gasteiger partial charge in [0.2, 0.25) is 0 Å². The number of rotatable bonds is 7. The number of benzene rings is 2. The van der Waals surface area contributed by atoms with Crippen LogP contribution >= 0.6 is 11.8 Å². The van der Waals surface area contributed by atoms with E-state index in [2.05, 4.69) is 5.32 Å². The maximum Gasteiger partial charge on any atom is 0.306 e. The summed E-state index contributed by atoms with van der Waals surface area (Å²) in [5.41, 5.74) is 1.67. The smallest absolute Gasteiger partial charge is 0.306 e. The summed E-state index contributed by atoms with van der Waals surface area (Å²) in [7, 11) is -3.56. The van der Waals surface area contributed by atoms with Gasteiger partial charge in [-0.15, -0.1) is 0 Å². The molecule has 0 atom stereocenters. The van der Waals surface area contributed by atoms with Crippen molar-refractivity contribution in [2.75, 3.05) is 12.9 Å². The Bertz CT molecular complexity index is 1030. The summed E-state index contributed by atoms with van der Waals surface area (Å²) in [6.07, 6.45) is 3.21. The van der Waals surface area contributed by atoms with E-state index in [0.717, 1.165) is 29.1 Å². The van der Waals surface area contributed by atoms with E-state index in [4.69, 9.17) is 8.92 Å². The Morgan fingerprint density at radius 1 is 1.07 bits per heavy atom. The molecule has 2 aromatic carbocycles. The second-order valence-corrected chi connectivity index (χ2v) is 8.54. The molecule has 0 spiro atoms. The van der Waals surface area contributed by atoms with Crippen molar-refractivity contribution < 1.29 is 26.9 Å². The first-order valence-electron chi connectivity index (χ1n) is 8.25. The number of hydrogen-bond donors (Lipinski definition) is 1. The number of hydrogen-bond acceptors (Lipinski definition) is 7. The molecule has 146 valence electrons. The van der Waals surface area contributed by atoms with Crippen LogP contribution in [0.5, 0.6) is 11.5 Å². The van der Waals surface area contributed by atoms with Gasteiger partial charge < -0.3 is 8.92 Å². The molecule has 1 N–H and O–H groups in total. The van der Waals surface area contributed by atoms with Crippen molar-refractivity contribution in [2.24, 2.45) is 0 Å². The third-order valence-electron chi connectivity index (χ3n) is 3.63. The van der Waals surface area contributed by atoms with Crippen LogP contribution in [0, 0.1) is 0 Å². The lowest BCUT2D eigenvalue weighted by Crippen LogP contribution is -2.17. The summed E-state index contributed by atoms with van der Waals surface area (Å²) >= 11 is 0.871. The summed E-state index contributed by atoms with van der Waals surface area (Å²) in [6, 6.07) is 13.9. The Labute approximate surface area is 166 Å². The Kier molecular flexibility index (Phi) is 6.05. The van der Waals surface area contributed by atoms with Crippen molar-refractivity contribution in [3.63, 3.8) is 0 Å². The maximum atomic E-state index is 11.5. The molecule has 7 nitrogen and oxygen atoms in total. The molecule has 0 unspecified atom stereocenters. The Morgan fingerprint density at radius 3 is 2.46 bits per heavy atom. The van der Waals surface area contributed by atoms with E-state index in [0.29, 0.717) is 23.7 Å². The van der Waals surface area contributed by atoms with E-state index < -0.39 is 16.0 Å². The Balaban J connectivity index is 1.54. The number of carbonyl (C=O) groups is 2. The molecule has 1 saturated heterocycles. The molecule has 1 heterocycles. The minimum absolute atomic E-state index is 0.268. The van der Waals surface area contributed by atoms with E-state index in [1.54, 1.807) is 48.5 Å². The topological polar surface area (TPSA) is 98.8 Å². The lowest BCUT2D eigenvalue weighted by atomic mass is 10.1. The van der Waals surface area contributed by atoms with Gasteiger partial charge >= 0.3 is 10.1 Å². The third kappa shape index (κ3) is 5.86. The molecule has 0 saturated carbocycles. The van der Waals surface area contributed by atoms with Gasteiger partial charge in [0, 0.05) is 6.42 Å². The molecule has 2 aromatic rings. The largest absolute Gasteiger partial charge is 0.493 e. The maximum absolute atomic E-state index is 11.5. The fourth-order valence-electron chi connectivity index (χ4n) is 2.45. The van der Waals surface area contributed by atoms with Gasteiger partial charge in [0.15, 0.2) is 0 Å². The molecule has 0 radical (unpaired) electrons. The van der Waals surface area contributed by atoms with E-state index in [1.165, 1.54) is 0 Å². The highest BCUT2D eigenvalue weighted by molar-refractivity contribution is 8.18. The molecule has 1 aliphatic heterocycles. The van der Waals surface area contributed by atoms with Crippen molar-refractivity contribution in [1.29, 1.82) is 0 Å². The monoisotopic (exact) mass is 419 g/mol. The van der Waals surface area contributed by atoms with Crippen molar-refractivity contribution in [3.8, 4) is 11.5 Å². The van der Waals surface area contributed by atoms with Gasteiger partial charge in [0.25, 0.3) is 11.1 Å². The zero-order valence-electron chi connectivity index (χ0n) is 14.9. The second kappa shape index (κ2) is 8.49. The SMILES string of the molecule is CS(=O)(=O)Oc1cccc(CCOc2ccc(C=C3SC(=O)NC3=O)cc2)c1. The number of nitrogens with one attached hydrogen (secondary N) is 1. The van der Waals surface area contributed by atoms with Crippen LogP contribution < -0.4 is 14.2 Å². The Hall–Kier alpha value is -2.78. The van der Waals surface area contributed by atoms with Gasteiger partial charge in [-0.05, 0) is 53.2 Å². The standard InChI is InChI=1S/C19H17NO6S2/c1-28(23,24)26-16-4-2-3-13(11-16)9-10-25-15-7-5-14(6-8-15)12-17-18(21)20-19(22)27-17/h2-8,11-12H,9-10H2,1H3,(H,20,21,22). The molecule has 1 aliphatic rings. The van der Waals surface area contributed by atoms with Gasteiger partial charge in [-0.3, -0.25) is 14.9 Å². The van der Waals surface area contributed by atoms with Gasteiger partial charge in [-0.1, -0.05) is 24.3 Å². The van der Waals surface area contributed by atoms with Crippen molar-refractivity contribution in [1.82, 2.24) is 5.32 Å². The summed E-state index contributed by atoms with van der Waals surface area (Å²) in [5.74, 6) is 0.535. The first-order chi connectivity index (χ1) is 13.3. The molecular weight excluding hydrogens is 402 g/mol. The normalized spacial score (nSPS) is 15.5. The quantitative estimate of drug-likeness (QED) is 0.544. The van der Waals surface area contributed by atoms with Crippen LogP contribution in [0.3, 0.4) is 0 Å². The predicted molar refractivity (Wildman–Crippen MR) is 107 cm³/mol. The van der Waals surface area contributed by atoms with Crippen molar-refractivity contribution in [3.05, 3.63) is 64.6 Å². The van der Waals surface area contributed by atoms with Crippen LogP contribution in [0.15, 0.2) is 53.4 Å². The van der Waals surface area contributed by atoms with Crippen LogP contribution in [0.1, 0.15) is 11.1 Å². The molecule has 0 aliphatic carbocycles. The first kappa shape index (κ1) is 20.0. The zero-order chi connectivity index (χ0) is 20.1. The molecule has 0 bridgehead atoms. The molecule has 0 aromatic heterocycles. The van der Waals surface area contributed by atoms with Gasteiger partial charge in [0.05, 0.1) is 17.8 Å². The van der Waals surface area contributed by atoms with Crippen LogP contribution in [0.25, 0.3) is 6.08 Å². The van der Waals surface area contributed by atoms with E-state index in [-0.39, 0.29) is 11.0 Å². The third-order valence-corrected chi connectivity index (χ3v) is 4.93. The number of thioether (sulfide) groups is 1. The lowest BCUT2D eigenvalue weighted by molar-refractivity contribution is -0.115. The highest BCUT2D eigenvalue weighted by atomic mass is 32.2. The van der Waals surface area contributed by atoms with Crippen LogP contribution in [0.4, 0.5) is 4.79 Å². The fraction of sp³-hybridized carbons (Fsp3) is 0.158. The van der Waals surface area contributed by atoms with Crippen LogP contribution in [-0.4, -0.2) is 32.4 Å². The second-order valence-electron chi connectivity index (χ2n) is 5.95. The van der Waals surface area contributed by atoms with E-state index >= 15 is 0 Å². The summed E-state index contributed by atoms with van der Waals surface area (Å²) < 4.78 is 32.9. The van der Waals surface area contributed by atoms with Crippen molar-refractivity contribution in [2.45, 2.75) is 6.42 Å². The first-order valence-corrected chi connectivity index (χ1v) is 10.9. The molecule has 28 heavy (non-hydrogen) atoms. The number of amides is 2. The predicted octanol–water partition coefficient (Wildman–Crippen LogP) is 2.97. The molecule has 9 heteroatoms. The van der Waals surface area contributed by atoms with Crippen molar-refractivity contribution >= 4 is 39.1 Å². The highest BCUT2D eigenvalue weighted by Gasteiger charge is 2.24.